The second-order valence-corrected chi connectivity index (χ2v) is 8.74. The summed E-state index contributed by atoms with van der Waals surface area (Å²) in [6.45, 7) is 8.46. The lowest BCUT2D eigenvalue weighted by atomic mass is 9.84. The standard InChI is InChI=1S/C24H36N6O/c1-18-20(21-8-3-4-9-22(21)28-18)10-11-26-24(25-2)27-12-13-29-14-16-30(17-15-29)23(31)19-6-5-7-19/h3-4,8-9,19,28H,5-7,10-17H2,1-2H3,(H2,25,26,27). The molecule has 0 unspecified atom stereocenters. The van der Waals surface area contributed by atoms with Crippen molar-refractivity contribution in [2.75, 3.05) is 52.9 Å². The molecule has 4 rings (SSSR count). The monoisotopic (exact) mass is 424 g/mol. The number of carbonyl (C=O) groups excluding carboxylic acids is 1. The van der Waals surface area contributed by atoms with Gasteiger partial charge >= 0.3 is 0 Å². The van der Waals surface area contributed by atoms with Crippen molar-refractivity contribution in [1.29, 1.82) is 0 Å². The van der Waals surface area contributed by atoms with Gasteiger partial charge in [0.25, 0.3) is 0 Å². The number of carbonyl (C=O) groups is 1. The molecule has 1 aromatic carbocycles. The van der Waals surface area contributed by atoms with E-state index in [-0.39, 0.29) is 0 Å². The largest absolute Gasteiger partial charge is 0.358 e. The third kappa shape index (κ3) is 5.21. The number of piperazine rings is 1. The summed E-state index contributed by atoms with van der Waals surface area (Å²) in [5.41, 5.74) is 3.81. The van der Waals surface area contributed by atoms with Gasteiger partial charge in [-0.3, -0.25) is 14.7 Å². The molecule has 1 saturated heterocycles. The first-order valence-electron chi connectivity index (χ1n) is 11.7. The molecule has 0 atom stereocenters. The normalized spacial score (nSPS) is 18.3. The molecule has 7 heteroatoms. The van der Waals surface area contributed by atoms with E-state index in [9.17, 15) is 4.79 Å². The van der Waals surface area contributed by atoms with Crippen LogP contribution in [0.1, 0.15) is 30.5 Å². The number of H-pyrrole nitrogens is 1. The molecule has 2 heterocycles. The maximum atomic E-state index is 12.4. The van der Waals surface area contributed by atoms with Gasteiger partial charge in [0.15, 0.2) is 5.96 Å². The van der Waals surface area contributed by atoms with Crippen molar-refractivity contribution in [2.24, 2.45) is 10.9 Å². The summed E-state index contributed by atoms with van der Waals surface area (Å²) in [6.07, 6.45) is 4.36. The fourth-order valence-electron chi connectivity index (χ4n) is 4.62. The van der Waals surface area contributed by atoms with Gasteiger partial charge in [0.2, 0.25) is 5.91 Å². The zero-order chi connectivity index (χ0) is 21.6. The molecule has 1 amide bonds. The molecule has 0 radical (unpaired) electrons. The van der Waals surface area contributed by atoms with E-state index < -0.39 is 0 Å². The van der Waals surface area contributed by atoms with E-state index >= 15 is 0 Å². The highest BCUT2D eigenvalue weighted by Gasteiger charge is 2.30. The highest BCUT2D eigenvalue weighted by atomic mass is 16.2. The van der Waals surface area contributed by atoms with E-state index in [2.05, 4.69) is 61.6 Å². The van der Waals surface area contributed by atoms with Gasteiger partial charge in [-0.2, -0.15) is 0 Å². The Bertz CT molecular complexity index is 908. The predicted molar refractivity (Wildman–Crippen MR) is 126 cm³/mol. The van der Waals surface area contributed by atoms with E-state index in [0.29, 0.717) is 11.8 Å². The van der Waals surface area contributed by atoms with E-state index in [1.165, 1.54) is 28.6 Å². The first kappa shape index (κ1) is 21.7. The summed E-state index contributed by atoms with van der Waals surface area (Å²) in [5.74, 6) is 1.55. The van der Waals surface area contributed by atoms with Gasteiger partial charge in [-0.1, -0.05) is 24.6 Å². The number of benzene rings is 1. The maximum Gasteiger partial charge on any atom is 0.225 e. The maximum absolute atomic E-state index is 12.4. The zero-order valence-electron chi connectivity index (χ0n) is 18.9. The SMILES string of the molecule is CN=C(NCCc1c(C)[nH]c2ccccc12)NCCN1CCN(C(=O)C2CCC2)CC1. The number of nitrogens with one attached hydrogen (secondary N) is 3. The smallest absolute Gasteiger partial charge is 0.225 e. The average Bonchev–Trinajstić information content (AvgIpc) is 3.07. The Morgan fingerprint density at radius 1 is 1.13 bits per heavy atom. The number of aryl methyl sites for hydroxylation is 1. The minimum atomic E-state index is 0.315. The van der Waals surface area contributed by atoms with Gasteiger partial charge in [0.1, 0.15) is 0 Å². The molecule has 2 aliphatic rings. The van der Waals surface area contributed by atoms with Crippen LogP contribution in [0.15, 0.2) is 29.3 Å². The van der Waals surface area contributed by atoms with Crippen LogP contribution < -0.4 is 10.6 Å². The second-order valence-electron chi connectivity index (χ2n) is 8.74. The summed E-state index contributed by atoms with van der Waals surface area (Å²) in [5, 5.41) is 8.17. The van der Waals surface area contributed by atoms with Gasteiger partial charge in [-0.25, -0.2) is 0 Å². The second kappa shape index (κ2) is 10.2. The first-order valence-corrected chi connectivity index (χ1v) is 11.7. The number of para-hydroxylation sites is 1. The summed E-state index contributed by atoms with van der Waals surface area (Å²) >= 11 is 0. The summed E-state index contributed by atoms with van der Waals surface area (Å²) in [6, 6.07) is 8.47. The van der Waals surface area contributed by atoms with Crippen molar-refractivity contribution in [2.45, 2.75) is 32.6 Å². The lowest BCUT2D eigenvalue weighted by molar-refractivity contribution is -0.139. The fraction of sp³-hybridized carbons (Fsp3) is 0.583. The molecule has 0 bridgehead atoms. The molecule has 1 aliphatic heterocycles. The van der Waals surface area contributed by atoms with Crippen molar-refractivity contribution in [3.05, 3.63) is 35.5 Å². The van der Waals surface area contributed by atoms with Crippen molar-refractivity contribution in [3.8, 4) is 0 Å². The summed E-state index contributed by atoms with van der Waals surface area (Å²) in [7, 11) is 1.82. The van der Waals surface area contributed by atoms with Crippen LogP contribution in [-0.4, -0.2) is 79.5 Å². The minimum absolute atomic E-state index is 0.315. The minimum Gasteiger partial charge on any atom is -0.358 e. The van der Waals surface area contributed by atoms with Crippen molar-refractivity contribution in [1.82, 2.24) is 25.4 Å². The number of hydrogen-bond donors (Lipinski definition) is 3. The highest BCUT2D eigenvalue weighted by Crippen LogP contribution is 2.28. The van der Waals surface area contributed by atoms with Crippen LogP contribution in [0.3, 0.4) is 0 Å². The molecule has 0 spiro atoms. The van der Waals surface area contributed by atoms with Crippen molar-refractivity contribution >= 4 is 22.8 Å². The Labute approximate surface area is 185 Å². The Kier molecular flexibility index (Phi) is 7.12. The highest BCUT2D eigenvalue weighted by molar-refractivity contribution is 5.85. The van der Waals surface area contributed by atoms with Gasteiger partial charge in [-0.05, 0) is 37.8 Å². The van der Waals surface area contributed by atoms with E-state index in [1.54, 1.807) is 0 Å². The number of amides is 1. The number of guanidine groups is 1. The molecule has 2 aromatic rings. The van der Waals surface area contributed by atoms with Crippen LogP contribution in [0.5, 0.6) is 0 Å². The fourth-order valence-corrected chi connectivity index (χ4v) is 4.62. The predicted octanol–water partition coefficient (Wildman–Crippen LogP) is 2.13. The van der Waals surface area contributed by atoms with Crippen LogP contribution >= 0.6 is 0 Å². The third-order valence-electron chi connectivity index (χ3n) is 6.78. The Morgan fingerprint density at radius 3 is 2.58 bits per heavy atom. The number of aliphatic imine (C=N–C) groups is 1. The lowest BCUT2D eigenvalue weighted by Gasteiger charge is -2.38. The van der Waals surface area contributed by atoms with Gasteiger partial charge in [0, 0.05) is 75.4 Å². The first-order chi connectivity index (χ1) is 15.2. The summed E-state index contributed by atoms with van der Waals surface area (Å²) in [4.78, 5) is 24.7. The molecule has 168 valence electrons. The van der Waals surface area contributed by atoms with Crippen LogP contribution in [0.4, 0.5) is 0 Å². The molecule has 2 fully saturated rings. The zero-order valence-corrected chi connectivity index (χ0v) is 18.9. The number of aromatic amines is 1. The molecule has 31 heavy (non-hydrogen) atoms. The van der Waals surface area contributed by atoms with Crippen LogP contribution in [0, 0.1) is 12.8 Å². The number of hydrogen-bond acceptors (Lipinski definition) is 3. The van der Waals surface area contributed by atoms with Crippen molar-refractivity contribution < 1.29 is 4.79 Å². The average molecular weight is 425 g/mol. The lowest BCUT2D eigenvalue weighted by Crippen LogP contribution is -2.52. The molecule has 7 nitrogen and oxygen atoms in total. The molecular weight excluding hydrogens is 388 g/mol. The number of nitrogens with zero attached hydrogens (tertiary/aromatic N) is 3. The number of rotatable bonds is 7. The third-order valence-corrected chi connectivity index (χ3v) is 6.78. The van der Waals surface area contributed by atoms with Gasteiger partial charge < -0.3 is 20.5 Å². The van der Waals surface area contributed by atoms with E-state index in [4.69, 9.17) is 0 Å². The van der Waals surface area contributed by atoms with E-state index in [0.717, 1.165) is 71.0 Å². The van der Waals surface area contributed by atoms with Crippen LogP contribution in [0.2, 0.25) is 0 Å². The van der Waals surface area contributed by atoms with Crippen LogP contribution in [0.25, 0.3) is 10.9 Å². The topological polar surface area (TPSA) is 75.8 Å². The number of fused-ring (bicyclic) bond motifs is 1. The Hall–Kier alpha value is -2.54. The molecule has 1 aromatic heterocycles. The summed E-state index contributed by atoms with van der Waals surface area (Å²) < 4.78 is 0. The van der Waals surface area contributed by atoms with Crippen molar-refractivity contribution in [3.63, 3.8) is 0 Å². The van der Waals surface area contributed by atoms with Crippen LogP contribution in [-0.2, 0) is 11.2 Å². The Balaban J connectivity index is 1.15. The Morgan fingerprint density at radius 2 is 1.87 bits per heavy atom. The number of aromatic nitrogens is 1. The molecule has 1 saturated carbocycles. The molecular formula is C24H36N6O. The quantitative estimate of drug-likeness (QED) is 0.470. The molecule has 1 aliphatic carbocycles. The molecule has 3 N–H and O–H groups in total. The van der Waals surface area contributed by atoms with Gasteiger partial charge in [0.05, 0.1) is 0 Å². The van der Waals surface area contributed by atoms with Gasteiger partial charge in [-0.15, -0.1) is 0 Å². The van der Waals surface area contributed by atoms with E-state index in [1.807, 2.05) is 7.05 Å².